The summed E-state index contributed by atoms with van der Waals surface area (Å²) in [6.07, 6.45) is 0. The molecule has 1 aromatic rings. The third kappa shape index (κ3) is 4.07. The molecule has 1 atom stereocenters. The van der Waals surface area contributed by atoms with Gasteiger partial charge in [0.05, 0.1) is 6.61 Å². The van der Waals surface area contributed by atoms with Crippen LogP contribution in [-0.2, 0) is 5.75 Å². The number of hydrogen-bond acceptors (Lipinski definition) is 3. The molecule has 0 aliphatic rings. The van der Waals surface area contributed by atoms with Crippen molar-refractivity contribution in [3.8, 4) is 0 Å². The zero-order chi connectivity index (χ0) is 9.52. The van der Waals surface area contributed by atoms with Gasteiger partial charge >= 0.3 is 0 Å². The first-order valence-electron chi connectivity index (χ1n) is 4.24. The molecule has 0 unspecified atom stereocenters. The molecular weight excluding hydrogens is 200 g/mol. The predicted molar refractivity (Wildman–Crippen MR) is 62.5 cm³/mol. The van der Waals surface area contributed by atoms with Gasteiger partial charge in [-0.25, -0.2) is 0 Å². The van der Waals surface area contributed by atoms with Gasteiger partial charge in [0.1, 0.15) is 0 Å². The third-order valence-corrected chi connectivity index (χ3v) is 3.71. The number of thiol groups is 1. The summed E-state index contributed by atoms with van der Waals surface area (Å²) in [5, 5.41) is 9.19. The van der Waals surface area contributed by atoms with E-state index in [0.29, 0.717) is 0 Å². The summed E-state index contributed by atoms with van der Waals surface area (Å²) in [6, 6.07) is 10.3. The van der Waals surface area contributed by atoms with Gasteiger partial charge in [-0.3, -0.25) is 0 Å². The van der Waals surface area contributed by atoms with Crippen LogP contribution in [0.25, 0.3) is 0 Å². The lowest BCUT2D eigenvalue weighted by molar-refractivity contribution is 0.301. The minimum atomic E-state index is 0.209. The lowest BCUT2D eigenvalue weighted by Crippen LogP contribution is -2.10. The van der Waals surface area contributed by atoms with Crippen LogP contribution in [0.15, 0.2) is 30.3 Å². The molecule has 72 valence electrons. The Balaban J connectivity index is 2.34. The molecule has 0 saturated carbocycles. The summed E-state index contributed by atoms with van der Waals surface area (Å²) in [5.41, 5.74) is 1.30. The van der Waals surface area contributed by atoms with Crippen LogP contribution in [0.5, 0.6) is 0 Å². The highest BCUT2D eigenvalue weighted by molar-refractivity contribution is 7.99. The number of thioether (sulfide) groups is 1. The van der Waals surface area contributed by atoms with E-state index in [4.69, 9.17) is 5.11 Å². The summed E-state index contributed by atoms with van der Waals surface area (Å²) in [5.74, 6) is 1.68. The van der Waals surface area contributed by atoms with Gasteiger partial charge in [0.2, 0.25) is 0 Å². The molecule has 0 radical (unpaired) electrons. The Labute approximate surface area is 89.0 Å². The van der Waals surface area contributed by atoms with Crippen LogP contribution >= 0.6 is 24.4 Å². The van der Waals surface area contributed by atoms with Crippen molar-refractivity contribution < 1.29 is 5.11 Å². The van der Waals surface area contributed by atoms with Crippen molar-refractivity contribution in [2.24, 2.45) is 0 Å². The molecule has 0 aromatic heterocycles. The molecular formula is C10H14OS2. The van der Waals surface area contributed by atoms with Crippen LogP contribution in [0.1, 0.15) is 5.56 Å². The second-order valence-electron chi connectivity index (χ2n) is 2.78. The van der Waals surface area contributed by atoms with Crippen LogP contribution in [0.2, 0.25) is 0 Å². The molecule has 0 amide bonds. The Morgan fingerprint density at radius 2 is 2.00 bits per heavy atom. The van der Waals surface area contributed by atoms with Crippen molar-refractivity contribution in [3.05, 3.63) is 35.9 Å². The summed E-state index contributed by atoms with van der Waals surface area (Å²) in [4.78, 5) is 0. The topological polar surface area (TPSA) is 20.2 Å². The number of benzene rings is 1. The Hall–Kier alpha value is -0.120. The quantitative estimate of drug-likeness (QED) is 0.733. The van der Waals surface area contributed by atoms with Crippen molar-refractivity contribution in [3.63, 3.8) is 0 Å². The molecule has 0 aliphatic carbocycles. The summed E-state index contributed by atoms with van der Waals surface area (Å²) in [6.45, 7) is 0.209. The van der Waals surface area contributed by atoms with Crippen molar-refractivity contribution in [2.75, 3.05) is 12.4 Å². The molecule has 0 aliphatic heterocycles. The summed E-state index contributed by atoms with van der Waals surface area (Å²) in [7, 11) is 0. The predicted octanol–water partition coefficient (Wildman–Crippen LogP) is 2.21. The molecule has 0 spiro atoms. The van der Waals surface area contributed by atoms with E-state index in [1.54, 1.807) is 11.8 Å². The molecule has 1 aromatic carbocycles. The largest absolute Gasteiger partial charge is 0.395 e. The molecule has 1 nitrogen and oxygen atoms in total. The van der Waals surface area contributed by atoms with Gasteiger partial charge in [-0.15, -0.1) is 0 Å². The van der Waals surface area contributed by atoms with Gasteiger partial charge in [0, 0.05) is 16.8 Å². The standard InChI is InChI=1S/C10H14OS2/c11-6-10(7-12)13-8-9-4-2-1-3-5-9/h1-5,10-12H,6-8H2/t10-/m0/s1. The average molecular weight is 214 g/mol. The normalized spacial score (nSPS) is 12.8. The third-order valence-electron chi connectivity index (χ3n) is 1.74. The molecule has 0 saturated heterocycles. The molecule has 0 bridgehead atoms. The zero-order valence-electron chi connectivity index (χ0n) is 7.39. The van der Waals surface area contributed by atoms with E-state index in [1.807, 2.05) is 18.2 Å². The lowest BCUT2D eigenvalue weighted by Gasteiger charge is -2.09. The molecule has 0 fully saturated rings. The first-order valence-corrected chi connectivity index (χ1v) is 5.92. The smallest absolute Gasteiger partial charge is 0.0558 e. The second kappa shape index (κ2) is 6.35. The van der Waals surface area contributed by atoms with Crippen molar-refractivity contribution >= 4 is 24.4 Å². The van der Waals surface area contributed by atoms with Crippen LogP contribution in [0.3, 0.4) is 0 Å². The fraction of sp³-hybridized carbons (Fsp3) is 0.400. The highest BCUT2D eigenvalue weighted by Crippen LogP contribution is 2.18. The fourth-order valence-electron chi connectivity index (χ4n) is 0.951. The second-order valence-corrected chi connectivity index (χ2v) is 4.44. The van der Waals surface area contributed by atoms with Crippen LogP contribution in [0.4, 0.5) is 0 Å². The first-order chi connectivity index (χ1) is 6.36. The van der Waals surface area contributed by atoms with E-state index in [9.17, 15) is 0 Å². The van der Waals surface area contributed by atoms with Gasteiger partial charge in [0.25, 0.3) is 0 Å². The zero-order valence-corrected chi connectivity index (χ0v) is 9.10. The van der Waals surface area contributed by atoms with Crippen LogP contribution in [-0.4, -0.2) is 22.7 Å². The average Bonchev–Trinajstić information content (AvgIpc) is 2.21. The minimum absolute atomic E-state index is 0.209. The fourth-order valence-corrected chi connectivity index (χ4v) is 2.21. The molecule has 13 heavy (non-hydrogen) atoms. The van der Waals surface area contributed by atoms with E-state index in [0.717, 1.165) is 11.5 Å². The highest BCUT2D eigenvalue weighted by Gasteiger charge is 2.04. The maximum atomic E-state index is 8.93. The summed E-state index contributed by atoms with van der Waals surface area (Å²) < 4.78 is 0. The minimum Gasteiger partial charge on any atom is -0.395 e. The highest BCUT2D eigenvalue weighted by atomic mass is 32.2. The molecule has 3 heteroatoms. The Kier molecular flexibility index (Phi) is 5.35. The molecule has 0 heterocycles. The van der Waals surface area contributed by atoms with Crippen molar-refractivity contribution in [1.82, 2.24) is 0 Å². The van der Waals surface area contributed by atoms with E-state index in [-0.39, 0.29) is 11.9 Å². The number of rotatable bonds is 5. The van der Waals surface area contributed by atoms with Gasteiger partial charge in [0.15, 0.2) is 0 Å². The van der Waals surface area contributed by atoms with Crippen LogP contribution < -0.4 is 0 Å². The van der Waals surface area contributed by atoms with Crippen molar-refractivity contribution in [2.45, 2.75) is 11.0 Å². The number of aliphatic hydroxyl groups excluding tert-OH is 1. The van der Waals surface area contributed by atoms with E-state index < -0.39 is 0 Å². The maximum Gasteiger partial charge on any atom is 0.0558 e. The lowest BCUT2D eigenvalue weighted by atomic mass is 10.2. The van der Waals surface area contributed by atoms with E-state index in [2.05, 4.69) is 24.8 Å². The van der Waals surface area contributed by atoms with Crippen molar-refractivity contribution in [1.29, 1.82) is 0 Å². The van der Waals surface area contributed by atoms with Gasteiger partial charge in [-0.2, -0.15) is 24.4 Å². The number of hydrogen-bond donors (Lipinski definition) is 2. The van der Waals surface area contributed by atoms with Gasteiger partial charge in [-0.1, -0.05) is 30.3 Å². The van der Waals surface area contributed by atoms with Gasteiger partial charge in [-0.05, 0) is 5.56 Å². The Bertz CT molecular complexity index is 222. The molecule has 1 rings (SSSR count). The van der Waals surface area contributed by atoms with Crippen LogP contribution in [0, 0.1) is 0 Å². The first kappa shape index (κ1) is 11.0. The Morgan fingerprint density at radius 3 is 2.54 bits per heavy atom. The monoisotopic (exact) mass is 214 g/mol. The van der Waals surface area contributed by atoms with E-state index in [1.165, 1.54) is 5.56 Å². The van der Waals surface area contributed by atoms with E-state index >= 15 is 0 Å². The number of aliphatic hydroxyl groups is 1. The summed E-state index contributed by atoms with van der Waals surface area (Å²) >= 11 is 5.91. The Morgan fingerprint density at radius 1 is 1.31 bits per heavy atom. The van der Waals surface area contributed by atoms with Gasteiger partial charge < -0.3 is 5.11 Å². The maximum absolute atomic E-state index is 8.93. The SMILES string of the molecule is OC[C@@H](CS)SCc1ccccc1. The molecule has 1 N–H and O–H groups in total.